The number of rotatable bonds is 11. The largest absolute Gasteiger partial charge is 0.497 e. The molecule has 2 aromatic carbocycles. The zero-order chi connectivity index (χ0) is 21.1. The van der Waals surface area contributed by atoms with E-state index < -0.39 is 19.7 Å². The highest BCUT2D eigenvalue weighted by atomic mass is 31.2. The van der Waals surface area contributed by atoms with Gasteiger partial charge in [0, 0.05) is 0 Å². The molecule has 0 aromatic heterocycles. The molecule has 0 aliphatic rings. The standard InChI is InChI=1S/C21H28NO6P/c1-4-27-29(24,28-5-2)16-20(18-11-13-19(25-3)14-12-18)22-21(23)26-15-17-9-7-6-8-10-17/h6-14,20H,4-5,15-16H2,1-3H3,(H,22,23)/t20-/m1/s1. The Morgan fingerprint density at radius 2 is 1.62 bits per heavy atom. The first kappa shape index (κ1) is 22.9. The third-order valence-corrected chi connectivity index (χ3v) is 6.20. The van der Waals surface area contributed by atoms with Crippen LogP contribution in [-0.4, -0.2) is 32.6 Å². The molecule has 1 N–H and O–H groups in total. The van der Waals surface area contributed by atoms with Crippen molar-refractivity contribution in [2.24, 2.45) is 0 Å². The fraction of sp³-hybridized carbons (Fsp3) is 0.381. The van der Waals surface area contributed by atoms with Gasteiger partial charge in [-0.2, -0.15) is 0 Å². The lowest BCUT2D eigenvalue weighted by Crippen LogP contribution is -2.31. The van der Waals surface area contributed by atoms with Crippen LogP contribution in [0.15, 0.2) is 54.6 Å². The Morgan fingerprint density at radius 3 is 2.17 bits per heavy atom. The van der Waals surface area contributed by atoms with Gasteiger partial charge in [-0.05, 0) is 37.1 Å². The molecule has 0 unspecified atom stereocenters. The lowest BCUT2D eigenvalue weighted by Gasteiger charge is -2.24. The van der Waals surface area contributed by atoms with E-state index in [2.05, 4.69) is 5.32 Å². The number of alkyl carbamates (subject to hydrolysis) is 1. The molecule has 0 aliphatic carbocycles. The van der Waals surface area contributed by atoms with Crippen LogP contribution in [0.3, 0.4) is 0 Å². The second-order valence-corrected chi connectivity index (χ2v) is 8.26. The first-order valence-corrected chi connectivity index (χ1v) is 11.2. The minimum Gasteiger partial charge on any atom is -0.497 e. The number of benzene rings is 2. The Bertz CT molecular complexity index is 787. The molecule has 0 spiro atoms. The molecule has 0 aliphatic heterocycles. The van der Waals surface area contributed by atoms with Gasteiger partial charge in [-0.15, -0.1) is 0 Å². The van der Waals surface area contributed by atoms with E-state index in [1.165, 1.54) is 0 Å². The second-order valence-electron chi connectivity index (χ2n) is 6.16. The topological polar surface area (TPSA) is 83.1 Å². The number of carbonyl (C=O) groups excluding carboxylic acids is 1. The molecule has 0 bridgehead atoms. The molecule has 2 rings (SSSR count). The SMILES string of the molecule is CCOP(=O)(C[C@@H](NC(=O)OCc1ccccc1)c1ccc(OC)cc1)OCC. The summed E-state index contributed by atoms with van der Waals surface area (Å²) in [5, 5.41) is 2.78. The first-order chi connectivity index (χ1) is 14.0. The Hall–Kier alpha value is -2.34. The molecule has 0 saturated carbocycles. The van der Waals surface area contributed by atoms with Gasteiger partial charge in [0.1, 0.15) is 12.4 Å². The molecule has 1 amide bonds. The lowest BCUT2D eigenvalue weighted by molar-refractivity contribution is 0.136. The fourth-order valence-electron chi connectivity index (χ4n) is 2.74. The summed E-state index contributed by atoms with van der Waals surface area (Å²) in [4.78, 5) is 12.4. The summed E-state index contributed by atoms with van der Waals surface area (Å²) in [5.74, 6) is 0.678. The highest BCUT2D eigenvalue weighted by Crippen LogP contribution is 2.50. The van der Waals surface area contributed by atoms with Crippen LogP contribution in [0, 0.1) is 0 Å². The summed E-state index contributed by atoms with van der Waals surface area (Å²) in [7, 11) is -1.82. The van der Waals surface area contributed by atoms with Crippen LogP contribution in [0.1, 0.15) is 31.0 Å². The van der Waals surface area contributed by atoms with Gasteiger partial charge in [-0.25, -0.2) is 4.79 Å². The number of nitrogens with one attached hydrogen (secondary N) is 1. The molecule has 29 heavy (non-hydrogen) atoms. The van der Waals surface area contributed by atoms with Crippen molar-refractivity contribution >= 4 is 13.7 Å². The lowest BCUT2D eigenvalue weighted by atomic mass is 10.1. The van der Waals surface area contributed by atoms with Crippen molar-refractivity contribution in [1.29, 1.82) is 0 Å². The van der Waals surface area contributed by atoms with Gasteiger partial charge in [-0.1, -0.05) is 42.5 Å². The van der Waals surface area contributed by atoms with Gasteiger partial charge < -0.3 is 23.8 Å². The van der Waals surface area contributed by atoms with Crippen molar-refractivity contribution in [1.82, 2.24) is 5.32 Å². The minimum absolute atomic E-state index is 0.0125. The number of carbonyl (C=O) groups is 1. The summed E-state index contributed by atoms with van der Waals surface area (Å²) in [6.45, 7) is 4.11. The van der Waals surface area contributed by atoms with E-state index in [4.69, 9.17) is 18.5 Å². The van der Waals surface area contributed by atoms with Crippen LogP contribution >= 0.6 is 7.60 Å². The van der Waals surface area contributed by atoms with Crippen molar-refractivity contribution in [3.8, 4) is 5.75 Å². The number of methoxy groups -OCH3 is 1. The summed E-state index contributed by atoms with van der Waals surface area (Å²) in [6.07, 6.45) is -0.629. The van der Waals surface area contributed by atoms with E-state index in [-0.39, 0.29) is 26.0 Å². The molecule has 0 heterocycles. The second kappa shape index (κ2) is 11.6. The summed E-state index contributed by atoms with van der Waals surface area (Å²) < 4.78 is 34.3. The van der Waals surface area contributed by atoms with E-state index >= 15 is 0 Å². The van der Waals surface area contributed by atoms with Gasteiger partial charge in [0.05, 0.1) is 32.5 Å². The molecule has 8 heteroatoms. The van der Waals surface area contributed by atoms with Crippen LogP contribution in [0.4, 0.5) is 4.79 Å². The van der Waals surface area contributed by atoms with E-state index in [0.29, 0.717) is 5.75 Å². The average Bonchev–Trinajstić information content (AvgIpc) is 2.73. The predicted molar refractivity (Wildman–Crippen MR) is 111 cm³/mol. The van der Waals surface area contributed by atoms with E-state index in [0.717, 1.165) is 11.1 Å². The maximum Gasteiger partial charge on any atom is 0.407 e. The quantitative estimate of drug-likeness (QED) is 0.518. The van der Waals surface area contributed by atoms with Crippen LogP contribution < -0.4 is 10.1 Å². The number of hydrogen-bond donors (Lipinski definition) is 1. The minimum atomic E-state index is -3.39. The van der Waals surface area contributed by atoms with Crippen molar-refractivity contribution < 1.29 is 27.9 Å². The van der Waals surface area contributed by atoms with Crippen molar-refractivity contribution in [2.45, 2.75) is 26.5 Å². The third-order valence-electron chi connectivity index (χ3n) is 4.08. The van der Waals surface area contributed by atoms with Crippen LogP contribution in [-0.2, 0) is 25.0 Å². The van der Waals surface area contributed by atoms with Crippen LogP contribution in [0.2, 0.25) is 0 Å². The van der Waals surface area contributed by atoms with Gasteiger partial charge in [-0.3, -0.25) is 4.57 Å². The molecular weight excluding hydrogens is 393 g/mol. The highest BCUT2D eigenvalue weighted by molar-refractivity contribution is 7.53. The molecule has 2 aromatic rings. The van der Waals surface area contributed by atoms with Crippen LogP contribution in [0.25, 0.3) is 0 Å². The fourth-order valence-corrected chi connectivity index (χ4v) is 4.56. The smallest absolute Gasteiger partial charge is 0.407 e. The zero-order valence-corrected chi connectivity index (χ0v) is 17.9. The molecule has 7 nitrogen and oxygen atoms in total. The maximum atomic E-state index is 13.0. The van der Waals surface area contributed by atoms with E-state index in [1.54, 1.807) is 45.2 Å². The summed E-state index contributed by atoms with van der Waals surface area (Å²) >= 11 is 0. The van der Waals surface area contributed by atoms with Gasteiger partial charge in [0.25, 0.3) is 0 Å². The molecule has 158 valence electrons. The number of amides is 1. The van der Waals surface area contributed by atoms with Gasteiger partial charge in [0.15, 0.2) is 0 Å². The van der Waals surface area contributed by atoms with Gasteiger partial charge in [0.2, 0.25) is 0 Å². The Labute approximate surface area is 171 Å². The molecule has 0 radical (unpaired) electrons. The Balaban J connectivity index is 2.14. The Morgan fingerprint density at radius 1 is 1.00 bits per heavy atom. The van der Waals surface area contributed by atoms with Crippen molar-refractivity contribution in [3.63, 3.8) is 0 Å². The van der Waals surface area contributed by atoms with Crippen molar-refractivity contribution in [3.05, 3.63) is 65.7 Å². The monoisotopic (exact) mass is 421 g/mol. The normalized spacial score (nSPS) is 12.2. The zero-order valence-electron chi connectivity index (χ0n) is 17.0. The number of ether oxygens (including phenoxy) is 2. The van der Waals surface area contributed by atoms with Gasteiger partial charge >= 0.3 is 13.7 Å². The molecule has 0 saturated heterocycles. The molecule has 1 atom stereocenters. The highest BCUT2D eigenvalue weighted by Gasteiger charge is 2.30. The Kier molecular flexibility index (Phi) is 9.19. The van der Waals surface area contributed by atoms with Crippen molar-refractivity contribution in [2.75, 3.05) is 26.5 Å². The first-order valence-electron chi connectivity index (χ1n) is 9.49. The number of hydrogen-bond acceptors (Lipinski definition) is 6. The summed E-state index contributed by atoms with van der Waals surface area (Å²) in [5.41, 5.74) is 1.61. The third kappa shape index (κ3) is 7.54. The average molecular weight is 421 g/mol. The van der Waals surface area contributed by atoms with E-state index in [1.807, 2.05) is 30.3 Å². The van der Waals surface area contributed by atoms with Crippen LogP contribution in [0.5, 0.6) is 5.75 Å². The molecular formula is C21H28NO6P. The summed E-state index contributed by atoms with van der Waals surface area (Å²) in [6, 6.07) is 15.9. The maximum absolute atomic E-state index is 13.0. The predicted octanol–water partition coefficient (Wildman–Crippen LogP) is 4.93. The van der Waals surface area contributed by atoms with E-state index in [9.17, 15) is 9.36 Å². The molecule has 0 fully saturated rings.